The van der Waals surface area contributed by atoms with Crippen molar-refractivity contribution in [3.05, 3.63) is 218 Å². The van der Waals surface area contributed by atoms with E-state index in [0.717, 1.165) is 50.3 Å². The molecule has 3 heteroatoms. The summed E-state index contributed by atoms with van der Waals surface area (Å²) in [6.07, 6.45) is 0. The van der Waals surface area contributed by atoms with Gasteiger partial charge in [0, 0.05) is 38.6 Å². The van der Waals surface area contributed by atoms with Crippen LogP contribution in [-0.2, 0) is 0 Å². The van der Waals surface area contributed by atoms with Gasteiger partial charge in [0.2, 0.25) is 0 Å². The molecule has 0 aliphatic heterocycles. The summed E-state index contributed by atoms with van der Waals surface area (Å²) in [5.41, 5.74) is 13.3. The van der Waals surface area contributed by atoms with Crippen molar-refractivity contribution in [3.63, 3.8) is 0 Å². The number of hydrogen-bond acceptors (Lipinski definition) is 2. The first-order valence-electron chi connectivity index (χ1n) is 20.2. The molecule has 12 aromatic rings. The van der Waals surface area contributed by atoms with Gasteiger partial charge in [0.15, 0.2) is 0 Å². The minimum atomic E-state index is 0.869. The van der Waals surface area contributed by atoms with Crippen LogP contribution in [0.4, 0.5) is 17.1 Å². The van der Waals surface area contributed by atoms with E-state index in [9.17, 15) is 0 Å². The Bertz CT molecular complexity index is 3530. The highest BCUT2D eigenvalue weighted by Gasteiger charge is 2.20. The predicted molar refractivity (Wildman–Crippen MR) is 249 cm³/mol. The molecule has 0 aliphatic carbocycles. The molecule has 0 atom stereocenters. The van der Waals surface area contributed by atoms with Crippen LogP contribution in [0, 0.1) is 0 Å². The zero-order valence-corrected chi connectivity index (χ0v) is 32.1. The maximum atomic E-state index is 6.39. The van der Waals surface area contributed by atoms with E-state index in [2.05, 4.69) is 216 Å². The molecule has 10 aromatic carbocycles. The Morgan fingerprint density at radius 2 is 0.915 bits per heavy atom. The van der Waals surface area contributed by atoms with E-state index < -0.39 is 0 Å². The average molecular weight is 753 g/mol. The van der Waals surface area contributed by atoms with Crippen LogP contribution >= 0.6 is 0 Å². The number of anilines is 3. The van der Waals surface area contributed by atoms with Crippen molar-refractivity contribution in [1.82, 2.24) is 4.57 Å². The van der Waals surface area contributed by atoms with E-state index in [0.29, 0.717) is 0 Å². The molecule has 0 fully saturated rings. The van der Waals surface area contributed by atoms with E-state index in [4.69, 9.17) is 4.42 Å². The third-order valence-corrected chi connectivity index (χ3v) is 12.0. The summed E-state index contributed by atoms with van der Waals surface area (Å²) in [6, 6.07) is 78.6. The summed E-state index contributed by atoms with van der Waals surface area (Å²) in [5.74, 6) is 0. The number of hydrogen-bond donors (Lipinski definition) is 0. The number of benzene rings is 10. The molecule has 2 aromatic heterocycles. The minimum Gasteiger partial charge on any atom is -0.456 e. The van der Waals surface area contributed by atoms with Crippen molar-refractivity contribution in [2.75, 3.05) is 4.90 Å². The van der Waals surface area contributed by atoms with Gasteiger partial charge in [-0.1, -0.05) is 158 Å². The predicted octanol–water partition coefficient (Wildman–Crippen LogP) is 15.8. The highest BCUT2D eigenvalue weighted by Crippen LogP contribution is 2.44. The fraction of sp³-hybridized carbons (Fsp3) is 0. The van der Waals surface area contributed by atoms with Crippen LogP contribution in [0.1, 0.15) is 0 Å². The molecule has 3 nitrogen and oxygen atoms in total. The number of furan rings is 1. The zero-order chi connectivity index (χ0) is 38.9. The van der Waals surface area contributed by atoms with Gasteiger partial charge in [-0.3, -0.25) is 0 Å². The largest absolute Gasteiger partial charge is 0.456 e. The molecule has 0 aliphatic rings. The summed E-state index contributed by atoms with van der Waals surface area (Å²) in [6.45, 7) is 0. The fourth-order valence-electron chi connectivity index (χ4n) is 9.24. The Hall–Kier alpha value is -7.88. The molecular weight excluding hydrogens is 717 g/mol. The lowest BCUT2D eigenvalue weighted by molar-refractivity contribution is 0.669. The highest BCUT2D eigenvalue weighted by molar-refractivity contribution is 6.18. The number of para-hydroxylation sites is 2. The zero-order valence-electron chi connectivity index (χ0n) is 32.1. The van der Waals surface area contributed by atoms with Crippen molar-refractivity contribution >= 4 is 82.4 Å². The van der Waals surface area contributed by atoms with E-state index in [-0.39, 0.29) is 0 Å². The van der Waals surface area contributed by atoms with Gasteiger partial charge in [-0.25, -0.2) is 0 Å². The Kier molecular flexibility index (Phi) is 7.54. The van der Waals surface area contributed by atoms with Crippen molar-refractivity contribution < 1.29 is 4.42 Å². The van der Waals surface area contributed by atoms with Crippen LogP contribution in [0.15, 0.2) is 223 Å². The van der Waals surface area contributed by atoms with Gasteiger partial charge >= 0.3 is 0 Å². The molecule has 0 N–H and O–H groups in total. The quantitative estimate of drug-likeness (QED) is 0.169. The van der Waals surface area contributed by atoms with Gasteiger partial charge in [-0.05, 0) is 99.1 Å². The summed E-state index contributed by atoms with van der Waals surface area (Å²) >= 11 is 0. The Morgan fingerprint density at radius 1 is 0.356 bits per heavy atom. The first kappa shape index (κ1) is 33.3. The van der Waals surface area contributed by atoms with Crippen LogP contribution < -0.4 is 4.90 Å². The summed E-state index contributed by atoms with van der Waals surface area (Å²) in [7, 11) is 0. The van der Waals surface area contributed by atoms with Crippen molar-refractivity contribution in [2.24, 2.45) is 0 Å². The van der Waals surface area contributed by atoms with Gasteiger partial charge in [0.1, 0.15) is 11.2 Å². The monoisotopic (exact) mass is 752 g/mol. The van der Waals surface area contributed by atoms with Crippen LogP contribution in [0.2, 0.25) is 0 Å². The second kappa shape index (κ2) is 13.4. The van der Waals surface area contributed by atoms with Gasteiger partial charge < -0.3 is 13.9 Å². The van der Waals surface area contributed by atoms with Crippen molar-refractivity contribution in [2.45, 2.75) is 0 Å². The van der Waals surface area contributed by atoms with E-state index in [1.165, 1.54) is 60.0 Å². The number of nitrogens with zero attached hydrogens (tertiary/aromatic N) is 2. The second-order valence-electron chi connectivity index (χ2n) is 15.3. The highest BCUT2D eigenvalue weighted by atomic mass is 16.3. The topological polar surface area (TPSA) is 21.3 Å². The van der Waals surface area contributed by atoms with Gasteiger partial charge in [0.25, 0.3) is 0 Å². The third kappa shape index (κ3) is 5.36. The fourth-order valence-corrected chi connectivity index (χ4v) is 9.24. The lowest BCUT2D eigenvalue weighted by Crippen LogP contribution is -2.10. The molecule has 0 spiro atoms. The van der Waals surface area contributed by atoms with E-state index >= 15 is 0 Å². The lowest BCUT2D eigenvalue weighted by Gasteiger charge is -2.26. The molecule has 12 rings (SSSR count). The number of fused-ring (bicyclic) bond motifs is 9. The average Bonchev–Trinajstić information content (AvgIpc) is 3.86. The van der Waals surface area contributed by atoms with Crippen molar-refractivity contribution in [3.8, 4) is 27.9 Å². The molecule has 0 radical (unpaired) electrons. The van der Waals surface area contributed by atoms with E-state index in [1.807, 2.05) is 12.1 Å². The number of rotatable bonds is 6. The van der Waals surface area contributed by atoms with Crippen LogP contribution in [0.25, 0.3) is 93.2 Å². The van der Waals surface area contributed by atoms with Gasteiger partial charge in [-0.2, -0.15) is 0 Å². The molecule has 0 saturated heterocycles. The second-order valence-corrected chi connectivity index (χ2v) is 15.3. The van der Waals surface area contributed by atoms with Gasteiger partial charge in [0.05, 0.1) is 22.1 Å². The Labute approximate surface area is 341 Å². The Balaban J connectivity index is 0.953. The lowest BCUT2D eigenvalue weighted by atomic mass is 9.98. The number of aromatic nitrogens is 1. The molecule has 0 amide bonds. The molecule has 276 valence electrons. The van der Waals surface area contributed by atoms with E-state index in [1.54, 1.807) is 0 Å². The SMILES string of the molecule is c1ccc2c(-c3ccc(N(c4ccc(-c5ccc(-n6c7ccccc7c7ccc8ccccc8c76)cc5)cc4)c4cccc5oc6ccccc6c45)cc3)cccc2c1. The van der Waals surface area contributed by atoms with Crippen LogP contribution in [0.5, 0.6) is 0 Å². The standard InChI is InChI=1S/C56H36N2O/c1-3-14-45-39(11-1)13-9-18-46(45)41-27-34-43(35-28-41)57(52-20-10-22-54-55(52)50-17-6-8-21-53(50)59-54)42-30-23-37(24-31-42)38-25-32-44(33-26-38)58-51-19-7-5-16-48(51)49-36-29-40-12-2-4-15-47(40)56(49)58/h1-36H. The molecule has 0 unspecified atom stereocenters. The molecule has 59 heavy (non-hydrogen) atoms. The molecule has 2 heterocycles. The summed E-state index contributed by atoms with van der Waals surface area (Å²) < 4.78 is 8.81. The molecular formula is C56H36N2O. The first-order chi connectivity index (χ1) is 29.3. The minimum absolute atomic E-state index is 0.869. The maximum Gasteiger partial charge on any atom is 0.137 e. The third-order valence-electron chi connectivity index (χ3n) is 12.0. The smallest absolute Gasteiger partial charge is 0.137 e. The summed E-state index contributed by atoms with van der Waals surface area (Å²) in [4.78, 5) is 2.36. The maximum absolute atomic E-state index is 6.39. The first-order valence-corrected chi connectivity index (χ1v) is 20.2. The summed E-state index contributed by atoms with van der Waals surface area (Å²) in [5, 5.41) is 9.72. The van der Waals surface area contributed by atoms with Gasteiger partial charge in [-0.15, -0.1) is 0 Å². The molecule has 0 saturated carbocycles. The van der Waals surface area contributed by atoms with Crippen molar-refractivity contribution in [1.29, 1.82) is 0 Å². The van der Waals surface area contributed by atoms with Crippen LogP contribution in [-0.4, -0.2) is 4.57 Å². The Morgan fingerprint density at radius 3 is 1.68 bits per heavy atom. The molecule has 0 bridgehead atoms. The van der Waals surface area contributed by atoms with Crippen LogP contribution in [0.3, 0.4) is 0 Å². The normalized spacial score (nSPS) is 11.7.